The number of aliphatic carboxylic acids is 1. The summed E-state index contributed by atoms with van der Waals surface area (Å²) < 4.78 is 5.55. The molecule has 1 saturated carbocycles. The van der Waals surface area contributed by atoms with Gasteiger partial charge in [0, 0.05) is 5.56 Å². The number of hydrogen-bond acceptors (Lipinski definition) is 4. The van der Waals surface area contributed by atoms with Crippen LogP contribution in [0.1, 0.15) is 36.5 Å². The fourth-order valence-electron chi connectivity index (χ4n) is 3.83. The lowest BCUT2D eigenvalue weighted by molar-refractivity contribution is -0.148. The summed E-state index contributed by atoms with van der Waals surface area (Å²) in [6, 6.07) is 6.63. The summed E-state index contributed by atoms with van der Waals surface area (Å²) in [6.45, 7) is 2.71. The maximum absolute atomic E-state index is 12.4. The van der Waals surface area contributed by atoms with Crippen molar-refractivity contribution in [2.45, 2.75) is 26.2 Å². The van der Waals surface area contributed by atoms with Gasteiger partial charge in [-0.2, -0.15) is 0 Å². The minimum Gasteiger partial charge on any atom is -0.494 e. The molecule has 3 N–H and O–H groups in total. The van der Waals surface area contributed by atoms with E-state index in [1.165, 1.54) is 0 Å². The lowest BCUT2D eigenvalue weighted by Gasteiger charge is -2.23. The molecule has 0 aromatic heterocycles. The number of ether oxygens (including phenoxy) is 1. The van der Waals surface area contributed by atoms with E-state index >= 15 is 0 Å². The molecule has 27 heavy (non-hydrogen) atoms. The second kappa shape index (κ2) is 8.24. The highest BCUT2D eigenvalue weighted by atomic mass is 16.5. The Balaban J connectivity index is 1.53. The second-order valence-electron chi connectivity index (χ2n) is 7.01. The predicted octanol–water partition coefficient (Wildman–Crippen LogP) is 2.15. The number of hydrogen-bond donors (Lipinski definition) is 3. The largest absolute Gasteiger partial charge is 0.494 e. The van der Waals surface area contributed by atoms with Crippen LogP contribution in [0.3, 0.4) is 0 Å². The van der Waals surface area contributed by atoms with Crippen LogP contribution >= 0.6 is 0 Å². The fraction of sp³-hybridized carbons (Fsp3) is 0.450. The van der Waals surface area contributed by atoms with E-state index < -0.39 is 29.6 Å². The highest BCUT2D eigenvalue weighted by Gasteiger charge is 2.51. The average molecular weight is 372 g/mol. The SMILES string of the molecule is CCCCOc1ccc(C(=O)NNC(=O)[C@H]2[C@@H](C(=O)O)[C@@H]3C=C[C@H]2C3)cc1. The van der Waals surface area contributed by atoms with Gasteiger partial charge in [-0.1, -0.05) is 25.5 Å². The van der Waals surface area contributed by atoms with E-state index in [0.29, 0.717) is 24.3 Å². The molecular weight excluding hydrogens is 348 g/mol. The van der Waals surface area contributed by atoms with Gasteiger partial charge in [0.25, 0.3) is 5.91 Å². The first-order valence-electron chi connectivity index (χ1n) is 9.25. The smallest absolute Gasteiger partial charge is 0.307 e. The van der Waals surface area contributed by atoms with Crippen LogP contribution in [0.25, 0.3) is 0 Å². The van der Waals surface area contributed by atoms with Gasteiger partial charge in [-0.3, -0.25) is 25.2 Å². The van der Waals surface area contributed by atoms with Crippen LogP contribution in [0, 0.1) is 23.7 Å². The molecular formula is C20H24N2O5. The van der Waals surface area contributed by atoms with Crippen molar-refractivity contribution >= 4 is 17.8 Å². The summed E-state index contributed by atoms with van der Waals surface area (Å²) in [6.07, 6.45) is 6.44. The molecule has 2 bridgehead atoms. The minimum absolute atomic E-state index is 0.0902. The van der Waals surface area contributed by atoms with Crippen LogP contribution in [0.5, 0.6) is 5.75 Å². The number of carbonyl (C=O) groups excluding carboxylic acids is 2. The monoisotopic (exact) mass is 372 g/mol. The second-order valence-corrected chi connectivity index (χ2v) is 7.01. The van der Waals surface area contributed by atoms with E-state index in [9.17, 15) is 19.5 Å². The number of hydrazine groups is 1. The van der Waals surface area contributed by atoms with Crippen LogP contribution in [0.4, 0.5) is 0 Å². The Morgan fingerprint density at radius 1 is 1.07 bits per heavy atom. The molecule has 2 aliphatic carbocycles. The number of carboxylic acids is 1. The molecule has 0 heterocycles. The van der Waals surface area contributed by atoms with Gasteiger partial charge in [0.05, 0.1) is 18.4 Å². The number of unbranched alkanes of at least 4 members (excludes halogenated alkanes) is 1. The quantitative estimate of drug-likeness (QED) is 0.386. The third-order valence-electron chi connectivity index (χ3n) is 5.23. The van der Waals surface area contributed by atoms with Crippen LogP contribution in [0.2, 0.25) is 0 Å². The number of rotatable bonds is 7. The summed E-state index contributed by atoms with van der Waals surface area (Å²) in [4.78, 5) is 36.1. The third kappa shape index (κ3) is 4.13. The van der Waals surface area contributed by atoms with E-state index in [1.54, 1.807) is 24.3 Å². The van der Waals surface area contributed by atoms with Gasteiger partial charge in [-0.15, -0.1) is 0 Å². The molecule has 4 atom stereocenters. The standard InChI is InChI=1S/C20H24N2O5/c1-2-3-10-27-15-8-6-12(7-9-15)18(23)21-22-19(24)16-13-4-5-14(11-13)17(16)20(25)26/h4-9,13-14,16-17H,2-3,10-11H2,1H3,(H,21,23)(H,22,24)(H,25,26)/t13-,14+,16+,17-/m0/s1. The van der Waals surface area contributed by atoms with E-state index in [4.69, 9.17) is 4.74 Å². The highest BCUT2D eigenvalue weighted by molar-refractivity contribution is 5.96. The Labute approximate surface area is 157 Å². The zero-order valence-electron chi connectivity index (χ0n) is 15.2. The molecule has 1 aromatic carbocycles. The minimum atomic E-state index is -0.975. The summed E-state index contributed by atoms with van der Waals surface area (Å²) in [5.41, 5.74) is 5.13. The van der Waals surface area contributed by atoms with E-state index in [0.717, 1.165) is 12.8 Å². The lowest BCUT2D eigenvalue weighted by atomic mass is 9.82. The summed E-state index contributed by atoms with van der Waals surface area (Å²) in [7, 11) is 0. The summed E-state index contributed by atoms with van der Waals surface area (Å²) in [5.74, 6) is -2.82. The first-order valence-corrected chi connectivity index (χ1v) is 9.25. The molecule has 0 spiro atoms. The molecule has 1 aromatic rings. The van der Waals surface area contributed by atoms with Crippen LogP contribution in [0.15, 0.2) is 36.4 Å². The maximum Gasteiger partial charge on any atom is 0.307 e. The maximum atomic E-state index is 12.4. The molecule has 7 heteroatoms. The van der Waals surface area contributed by atoms with Crippen molar-refractivity contribution < 1.29 is 24.2 Å². The summed E-state index contributed by atoms with van der Waals surface area (Å²) >= 11 is 0. The van der Waals surface area contributed by atoms with Crippen LogP contribution in [-0.4, -0.2) is 29.5 Å². The average Bonchev–Trinajstić information content (AvgIpc) is 3.28. The topological polar surface area (TPSA) is 105 Å². The van der Waals surface area contributed by atoms with Crippen molar-refractivity contribution in [1.29, 1.82) is 0 Å². The number of fused-ring (bicyclic) bond motifs is 2. The molecule has 3 rings (SSSR count). The lowest BCUT2D eigenvalue weighted by Crippen LogP contribution is -2.48. The third-order valence-corrected chi connectivity index (χ3v) is 5.23. The van der Waals surface area contributed by atoms with Gasteiger partial charge in [0.2, 0.25) is 5.91 Å². The van der Waals surface area contributed by atoms with Gasteiger partial charge >= 0.3 is 5.97 Å². The molecule has 0 saturated heterocycles. The van der Waals surface area contributed by atoms with Crippen molar-refractivity contribution in [3.8, 4) is 5.75 Å². The van der Waals surface area contributed by atoms with Gasteiger partial charge in [-0.05, 0) is 48.9 Å². The van der Waals surface area contributed by atoms with Crippen LogP contribution < -0.4 is 15.6 Å². The normalized spacial score (nSPS) is 25.2. The van der Waals surface area contributed by atoms with Crippen molar-refractivity contribution in [2.24, 2.45) is 23.7 Å². The molecule has 144 valence electrons. The number of amides is 2. The van der Waals surface area contributed by atoms with Crippen LogP contribution in [-0.2, 0) is 9.59 Å². The summed E-state index contributed by atoms with van der Waals surface area (Å²) in [5, 5.41) is 9.40. The van der Waals surface area contributed by atoms with Crippen molar-refractivity contribution in [3.63, 3.8) is 0 Å². The van der Waals surface area contributed by atoms with Crippen molar-refractivity contribution in [1.82, 2.24) is 10.9 Å². The molecule has 2 amide bonds. The van der Waals surface area contributed by atoms with E-state index in [-0.39, 0.29) is 11.8 Å². The molecule has 0 radical (unpaired) electrons. The molecule has 2 aliphatic rings. The van der Waals surface area contributed by atoms with Gasteiger partial charge in [0.1, 0.15) is 5.75 Å². The molecule has 0 unspecified atom stereocenters. The zero-order valence-corrected chi connectivity index (χ0v) is 15.2. The molecule has 0 aliphatic heterocycles. The predicted molar refractivity (Wildman–Crippen MR) is 97.8 cm³/mol. The van der Waals surface area contributed by atoms with Gasteiger partial charge in [0.15, 0.2) is 0 Å². The molecule has 1 fully saturated rings. The Kier molecular flexibility index (Phi) is 5.78. The highest BCUT2D eigenvalue weighted by Crippen LogP contribution is 2.48. The first-order chi connectivity index (χ1) is 13.0. The van der Waals surface area contributed by atoms with Crippen molar-refractivity contribution in [2.75, 3.05) is 6.61 Å². The Morgan fingerprint density at radius 3 is 2.37 bits per heavy atom. The molecule has 7 nitrogen and oxygen atoms in total. The first kappa shape index (κ1) is 18.9. The number of allylic oxidation sites excluding steroid dienone is 2. The zero-order chi connectivity index (χ0) is 19.4. The number of carbonyl (C=O) groups is 3. The van der Waals surface area contributed by atoms with Gasteiger partial charge in [-0.25, -0.2) is 0 Å². The fourth-order valence-corrected chi connectivity index (χ4v) is 3.83. The van der Waals surface area contributed by atoms with E-state index in [2.05, 4.69) is 17.8 Å². The van der Waals surface area contributed by atoms with Gasteiger partial charge < -0.3 is 9.84 Å². The van der Waals surface area contributed by atoms with E-state index in [1.807, 2.05) is 12.2 Å². The Morgan fingerprint density at radius 2 is 1.74 bits per heavy atom. The Bertz CT molecular complexity index is 743. The Hall–Kier alpha value is -2.83. The van der Waals surface area contributed by atoms with Crippen molar-refractivity contribution in [3.05, 3.63) is 42.0 Å². The number of carboxylic acid groups (broad SMARTS) is 1. The number of benzene rings is 1. The number of nitrogens with one attached hydrogen (secondary N) is 2.